The highest BCUT2D eigenvalue weighted by atomic mass is 16.6. The standard InChI is InChI=1S/C14H18O6/c15-13(19-7-9-5-17-9)11-3-1-2-4-12(11)14(16)20-8-10-6-18-10/h1-2,9-12H,3-8H2/t9-,10-,11+,12+/m0/s1. The third-order valence-corrected chi connectivity index (χ3v) is 3.67. The minimum Gasteiger partial charge on any atom is -0.463 e. The first kappa shape index (κ1) is 13.6. The minimum absolute atomic E-state index is 0.0375. The molecule has 0 bridgehead atoms. The number of rotatable bonds is 6. The molecule has 0 N–H and O–H groups in total. The summed E-state index contributed by atoms with van der Waals surface area (Å²) in [5, 5.41) is 0. The molecule has 6 heteroatoms. The Bertz CT molecular complexity index is 372. The fraction of sp³-hybridized carbons (Fsp3) is 0.714. The van der Waals surface area contributed by atoms with Gasteiger partial charge in [0.05, 0.1) is 25.0 Å². The van der Waals surface area contributed by atoms with E-state index in [0.29, 0.717) is 26.1 Å². The van der Waals surface area contributed by atoms with Crippen molar-refractivity contribution in [3.8, 4) is 0 Å². The van der Waals surface area contributed by atoms with Crippen LogP contribution in [0.1, 0.15) is 12.8 Å². The Morgan fingerprint density at radius 1 is 0.900 bits per heavy atom. The van der Waals surface area contributed by atoms with E-state index < -0.39 is 11.8 Å². The predicted molar refractivity (Wildman–Crippen MR) is 66.8 cm³/mol. The predicted octanol–water partition coefficient (Wildman–Crippen LogP) is 0.453. The van der Waals surface area contributed by atoms with Gasteiger partial charge in [0, 0.05) is 0 Å². The third-order valence-electron chi connectivity index (χ3n) is 3.67. The molecule has 4 atom stereocenters. The molecule has 3 aliphatic rings. The maximum atomic E-state index is 12.1. The molecule has 2 fully saturated rings. The van der Waals surface area contributed by atoms with Crippen molar-refractivity contribution in [3.63, 3.8) is 0 Å². The molecular weight excluding hydrogens is 264 g/mol. The normalized spacial score (nSPS) is 34.4. The molecule has 0 aromatic rings. The van der Waals surface area contributed by atoms with Gasteiger partial charge in [-0.05, 0) is 12.8 Å². The van der Waals surface area contributed by atoms with E-state index in [9.17, 15) is 9.59 Å². The molecule has 0 aromatic carbocycles. The molecule has 2 saturated heterocycles. The molecule has 0 aromatic heterocycles. The van der Waals surface area contributed by atoms with Crippen molar-refractivity contribution in [3.05, 3.63) is 12.2 Å². The number of epoxide rings is 2. The van der Waals surface area contributed by atoms with Crippen LogP contribution in [0.5, 0.6) is 0 Å². The lowest BCUT2D eigenvalue weighted by molar-refractivity contribution is -0.161. The molecule has 1 aliphatic carbocycles. The summed E-state index contributed by atoms with van der Waals surface area (Å²) in [6, 6.07) is 0. The highest BCUT2D eigenvalue weighted by Gasteiger charge is 2.38. The van der Waals surface area contributed by atoms with E-state index in [4.69, 9.17) is 18.9 Å². The first-order valence-electron chi connectivity index (χ1n) is 6.95. The van der Waals surface area contributed by atoms with E-state index in [1.165, 1.54) is 0 Å². The fourth-order valence-corrected chi connectivity index (χ4v) is 2.23. The lowest BCUT2D eigenvalue weighted by Gasteiger charge is -2.25. The number of esters is 2. The van der Waals surface area contributed by atoms with Crippen LogP contribution >= 0.6 is 0 Å². The van der Waals surface area contributed by atoms with Crippen molar-refractivity contribution in [2.45, 2.75) is 25.0 Å². The highest BCUT2D eigenvalue weighted by Crippen LogP contribution is 2.28. The van der Waals surface area contributed by atoms with Gasteiger partial charge in [0.15, 0.2) is 0 Å². The van der Waals surface area contributed by atoms with Gasteiger partial charge in [0.2, 0.25) is 0 Å². The quantitative estimate of drug-likeness (QED) is 0.400. The lowest BCUT2D eigenvalue weighted by atomic mass is 9.83. The monoisotopic (exact) mass is 282 g/mol. The first-order valence-corrected chi connectivity index (χ1v) is 6.95. The number of carbonyl (C=O) groups excluding carboxylic acids is 2. The van der Waals surface area contributed by atoms with E-state index in [-0.39, 0.29) is 37.4 Å². The molecule has 2 aliphatic heterocycles. The molecule has 110 valence electrons. The summed E-state index contributed by atoms with van der Waals surface area (Å²) in [7, 11) is 0. The SMILES string of the molecule is O=C(OC[C@@H]1CO1)[C@@H]1CC=CC[C@H]1C(=O)OC[C@@H]1CO1. The highest BCUT2D eigenvalue weighted by molar-refractivity contribution is 5.82. The summed E-state index contributed by atoms with van der Waals surface area (Å²) in [6.07, 6.45) is 4.93. The van der Waals surface area contributed by atoms with Crippen molar-refractivity contribution in [2.75, 3.05) is 26.4 Å². The van der Waals surface area contributed by atoms with Crippen LogP contribution in [0.4, 0.5) is 0 Å². The van der Waals surface area contributed by atoms with E-state index in [1.54, 1.807) is 0 Å². The van der Waals surface area contributed by atoms with Crippen molar-refractivity contribution < 1.29 is 28.5 Å². The van der Waals surface area contributed by atoms with Crippen LogP contribution in [0.2, 0.25) is 0 Å². The van der Waals surface area contributed by atoms with E-state index in [1.807, 2.05) is 12.2 Å². The second-order valence-corrected chi connectivity index (χ2v) is 5.33. The van der Waals surface area contributed by atoms with Gasteiger partial charge in [-0.25, -0.2) is 0 Å². The van der Waals surface area contributed by atoms with Gasteiger partial charge in [-0.15, -0.1) is 0 Å². The second kappa shape index (κ2) is 5.93. The summed E-state index contributed by atoms with van der Waals surface area (Å²) in [4.78, 5) is 24.1. The molecular formula is C14H18O6. The summed E-state index contributed by atoms with van der Waals surface area (Å²) in [6.45, 7) is 1.84. The first-order chi connectivity index (χ1) is 9.74. The van der Waals surface area contributed by atoms with Crippen LogP contribution < -0.4 is 0 Å². The van der Waals surface area contributed by atoms with Crippen molar-refractivity contribution >= 4 is 11.9 Å². The van der Waals surface area contributed by atoms with Crippen LogP contribution in [-0.4, -0.2) is 50.6 Å². The second-order valence-electron chi connectivity index (χ2n) is 5.33. The smallest absolute Gasteiger partial charge is 0.310 e. The van der Waals surface area contributed by atoms with Crippen LogP contribution in [0, 0.1) is 11.8 Å². The topological polar surface area (TPSA) is 77.7 Å². The molecule has 6 nitrogen and oxygen atoms in total. The minimum atomic E-state index is -0.452. The van der Waals surface area contributed by atoms with E-state index in [2.05, 4.69) is 0 Å². The molecule has 0 unspecified atom stereocenters. The van der Waals surface area contributed by atoms with Crippen LogP contribution in [0.25, 0.3) is 0 Å². The summed E-state index contributed by atoms with van der Waals surface area (Å²) in [5.74, 6) is -1.58. The number of carbonyl (C=O) groups is 2. The Morgan fingerprint density at radius 2 is 1.30 bits per heavy atom. The third kappa shape index (κ3) is 3.58. The van der Waals surface area contributed by atoms with Crippen molar-refractivity contribution in [2.24, 2.45) is 11.8 Å². The zero-order valence-corrected chi connectivity index (χ0v) is 11.2. The number of allylic oxidation sites excluding steroid dienone is 2. The molecule has 0 spiro atoms. The van der Waals surface area contributed by atoms with Gasteiger partial charge in [-0.3, -0.25) is 9.59 Å². The van der Waals surface area contributed by atoms with Crippen molar-refractivity contribution in [1.82, 2.24) is 0 Å². The molecule has 3 rings (SSSR count). The molecule has 2 heterocycles. The number of ether oxygens (including phenoxy) is 4. The zero-order valence-electron chi connectivity index (χ0n) is 11.2. The van der Waals surface area contributed by atoms with Crippen LogP contribution in [0.15, 0.2) is 12.2 Å². The van der Waals surface area contributed by atoms with Gasteiger partial charge in [-0.2, -0.15) is 0 Å². The summed E-state index contributed by atoms with van der Waals surface area (Å²) in [5.41, 5.74) is 0. The largest absolute Gasteiger partial charge is 0.463 e. The Kier molecular flexibility index (Phi) is 4.03. The van der Waals surface area contributed by atoms with Crippen LogP contribution in [-0.2, 0) is 28.5 Å². The van der Waals surface area contributed by atoms with Gasteiger partial charge >= 0.3 is 11.9 Å². The molecule has 20 heavy (non-hydrogen) atoms. The van der Waals surface area contributed by atoms with Gasteiger partial charge < -0.3 is 18.9 Å². The molecule has 0 amide bonds. The zero-order chi connectivity index (χ0) is 13.9. The molecule has 0 saturated carbocycles. The van der Waals surface area contributed by atoms with E-state index >= 15 is 0 Å². The van der Waals surface area contributed by atoms with Crippen LogP contribution in [0.3, 0.4) is 0 Å². The average Bonchev–Trinajstić information content (AvgIpc) is 3.36. The van der Waals surface area contributed by atoms with Gasteiger partial charge in [0.1, 0.15) is 25.4 Å². The van der Waals surface area contributed by atoms with Crippen molar-refractivity contribution in [1.29, 1.82) is 0 Å². The fourth-order valence-electron chi connectivity index (χ4n) is 2.23. The average molecular weight is 282 g/mol. The van der Waals surface area contributed by atoms with E-state index in [0.717, 1.165) is 0 Å². The Balaban J connectivity index is 1.52. The summed E-state index contributed by atoms with van der Waals surface area (Å²) < 4.78 is 20.4. The number of hydrogen-bond acceptors (Lipinski definition) is 6. The Labute approximate surface area is 117 Å². The summed E-state index contributed by atoms with van der Waals surface area (Å²) >= 11 is 0. The lowest BCUT2D eigenvalue weighted by Crippen LogP contribution is -2.34. The van der Waals surface area contributed by atoms with Gasteiger partial charge in [-0.1, -0.05) is 12.2 Å². The Hall–Kier alpha value is -1.40. The van der Waals surface area contributed by atoms with Gasteiger partial charge in [0.25, 0.3) is 0 Å². The number of hydrogen-bond donors (Lipinski definition) is 0. The molecule has 0 radical (unpaired) electrons. The maximum Gasteiger partial charge on any atom is 0.310 e. The Morgan fingerprint density at radius 3 is 1.65 bits per heavy atom. The maximum absolute atomic E-state index is 12.1.